The summed E-state index contributed by atoms with van der Waals surface area (Å²) in [4.78, 5) is 6.11. The third-order valence-corrected chi connectivity index (χ3v) is 2.81. The summed E-state index contributed by atoms with van der Waals surface area (Å²) in [6, 6.07) is 3.62. The van der Waals surface area contributed by atoms with Gasteiger partial charge in [0.25, 0.3) is 5.89 Å². The molecule has 5 nitrogen and oxygen atoms in total. The van der Waals surface area contributed by atoms with E-state index in [0.29, 0.717) is 17.9 Å². The zero-order chi connectivity index (χ0) is 14.0. The van der Waals surface area contributed by atoms with Gasteiger partial charge < -0.3 is 15.2 Å². The normalized spacial score (nSPS) is 12.9. The molecule has 2 aromatic rings. The number of hydrogen-bond donors (Lipinski definition) is 1. The van der Waals surface area contributed by atoms with Crippen molar-refractivity contribution in [2.24, 2.45) is 5.73 Å². The number of rotatable bonds is 4. The van der Waals surface area contributed by atoms with Gasteiger partial charge in [-0.2, -0.15) is 4.98 Å². The third kappa shape index (κ3) is 3.28. The first-order valence-electron chi connectivity index (χ1n) is 5.66. The lowest BCUT2D eigenvalue weighted by molar-refractivity contribution is 0.357. The number of nitrogens with two attached hydrogens (primary N) is 1. The highest BCUT2D eigenvalue weighted by Crippen LogP contribution is 2.27. The zero-order valence-corrected chi connectivity index (χ0v) is 11.4. The molecule has 102 valence electrons. The zero-order valence-electron chi connectivity index (χ0n) is 10.6. The average molecular weight is 285 g/mol. The average Bonchev–Trinajstić information content (AvgIpc) is 2.77. The third-order valence-electron chi connectivity index (χ3n) is 2.50. The Hall–Kier alpha value is -1.50. The molecule has 7 heteroatoms. The van der Waals surface area contributed by atoms with Gasteiger partial charge in [0.05, 0.1) is 16.6 Å². The summed E-state index contributed by atoms with van der Waals surface area (Å²) in [5.74, 6) is 0.205. The fraction of sp³-hybridized carbons (Fsp3) is 0.333. The van der Waals surface area contributed by atoms with Crippen molar-refractivity contribution in [3.05, 3.63) is 34.9 Å². The Morgan fingerprint density at radius 2 is 2.21 bits per heavy atom. The molecule has 2 N–H and O–H groups in total. The van der Waals surface area contributed by atoms with Crippen LogP contribution in [0.5, 0.6) is 0 Å². The number of halogens is 2. The number of hydrogen-bond acceptors (Lipinski definition) is 5. The standard InChI is InChI=1S/C12H14ClFN4O/c1-18(2)6-10(15)11-16-12(19-17-11)8-4-3-7(14)5-9(8)13/h3-5,10H,6,15H2,1-2H3. The molecule has 1 unspecified atom stereocenters. The van der Waals surface area contributed by atoms with E-state index in [2.05, 4.69) is 10.1 Å². The van der Waals surface area contributed by atoms with Crippen molar-refractivity contribution >= 4 is 11.6 Å². The largest absolute Gasteiger partial charge is 0.334 e. The number of nitrogens with zero attached hydrogens (tertiary/aromatic N) is 3. The van der Waals surface area contributed by atoms with Crippen molar-refractivity contribution in [1.29, 1.82) is 0 Å². The minimum absolute atomic E-state index is 0.219. The fourth-order valence-electron chi connectivity index (χ4n) is 1.63. The predicted molar refractivity (Wildman–Crippen MR) is 70.2 cm³/mol. The molecule has 0 saturated carbocycles. The van der Waals surface area contributed by atoms with Crippen molar-refractivity contribution in [1.82, 2.24) is 15.0 Å². The molecule has 19 heavy (non-hydrogen) atoms. The lowest BCUT2D eigenvalue weighted by Crippen LogP contribution is -2.26. The van der Waals surface area contributed by atoms with Gasteiger partial charge in [-0.1, -0.05) is 16.8 Å². The summed E-state index contributed by atoms with van der Waals surface area (Å²) in [5, 5.41) is 4.04. The number of benzene rings is 1. The van der Waals surface area contributed by atoms with Gasteiger partial charge in [-0.05, 0) is 32.3 Å². The number of likely N-dealkylation sites (N-methyl/N-ethyl adjacent to an activating group) is 1. The molecule has 0 spiro atoms. The smallest absolute Gasteiger partial charge is 0.259 e. The molecule has 0 bridgehead atoms. The van der Waals surface area contributed by atoms with Crippen LogP contribution in [0.4, 0.5) is 4.39 Å². The van der Waals surface area contributed by atoms with Crippen molar-refractivity contribution in [3.63, 3.8) is 0 Å². The van der Waals surface area contributed by atoms with Crippen molar-refractivity contribution in [3.8, 4) is 11.5 Å². The molecular weight excluding hydrogens is 271 g/mol. The van der Waals surface area contributed by atoms with E-state index in [0.717, 1.165) is 0 Å². The Bertz CT molecular complexity index is 573. The maximum absolute atomic E-state index is 13.0. The Labute approximate surface area is 115 Å². The lowest BCUT2D eigenvalue weighted by atomic mass is 10.2. The van der Waals surface area contributed by atoms with Crippen molar-refractivity contribution in [2.45, 2.75) is 6.04 Å². The summed E-state index contributed by atoms with van der Waals surface area (Å²) < 4.78 is 18.1. The Balaban J connectivity index is 2.25. The summed E-state index contributed by atoms with van der Waals surface area (Å²) in [6.07, 6.45) is 0. The molecule has 0 radical (unpaired) electrons. The number of aromatic nitrogens is 2. The highest BCUT2D eigenvalue weighted by Gasteiger charge is 2.17. The van der Waals surface area contributed by atoms with E-state index < -0.39 is 5.82 Å². The Morgan fingerprint density at radius 3 is 2.84 bits per heavy atom. The summed E-state index contributed by atoms with van der Waals surface area (Å²) in [6.45, 7) is 0.593. The van der Waals surface area contributed by atoms with E-state index in [1.54, 1.807) is 0 Å². The molecule has 0 saturated heterocycles. The summed E-state index contributed by atoms with van der Waals surface area (Å²) in [5.41, 5.74) is 6.41. The second-order valence-corrected chi connectivity index (χ2v) is 4.86. The van der Waals surface area contributed by atoms with E-state index in [1.807, 2.05) is 19.0 Å². The molecule has 1 atom stereocenters. The maximum atomic E-state index is 13.0. The van der Waals surface area contributed by atoms with Crippen LogP contribution in [-0.2, 0) is 0 Å². The molecule has 1 aromatic heterocycles. The molecule has 0 aliphatic rings. The monoisotopic (exact) mass is 284 g/mol. The SMILES string of the molecule is CN(C)CC(N)c1noc(-c2ccc(F)cc2Cl)n1. The quantitative estimate of drug-likeness (QED) is 0.931. The molecule has 0 amide bonds. The van der Waals surface area contributed by atoms with Crippen LogP contribution in [0, 0.1) is 5.82 Å². The van der Waals surface area contributed by atoms with E-state index in [-0.39, 0.29) is 17.0 Å². The van der Waals surface area contributed by atoms with E-state index in [4.69, 9.17) is 21.9 Å². The topological polar surface area (TPSA) is 68.2 Å². The van der Waals surface area contributed by atoms with E-state index >= 15 is 0 Å². The van der Waals surface area contributed by atoms with E-state index in [9.17, 15) is 4.39 Å². The van der Waals surface area contributed by atoms with Gasteiger partial charge in [-0.15, -0.1) is 0 Å². The molecule has 1 heterocycles. The molecule has 0 aliphatic heterocycles. The van der Waals surface area contributed by atoms with Gasteiger partial charge in [0.15, 0.2) is 5.82 Å². The van der Waals surface area contributed by atoms with Crippen LogP contribution in [0.2, 0.25) is 5.02 Å². The van der Waals surface area contributed by atoms with Crippen molar-refractivity contribution < 1.29 is 8.91 Å². The summed E-state index contributed by atoms with van der Waals surface area (Å²) in [7, 11) is 3.80. The van der Waals surface area contributed by atoms with Crippen LogP contribution in [0.15, 0.2) is 22.7 Å². The van der Waals surface area contributed by atoms with Crippen LogP contribution in [-0.4, -0.2) is 35.7 Å². The minimum Gasteiger partial charge on any atom is -0.334 e. The highest BCUT2D eigenvalue weighted by atomic mass is 35.5. The van der Waals surface area contributed by atoms with Crippen LogP contribution >= 0.6 is 11.6 Å². The molecule has 0 aliphatic carbocycles. The van der Waals surface area contributed by atoms with Gasteiger partial charge in [0.1, 0.15) is 5.82 Å². The first-order valence-corrected chi connectivity index (χ1v) is 6.04. The second-order valence-electron chi connectivity index (χ2n) is 4.45. The van der Waals surface area contributed by atoms with Crippen LogP contribution in [0.3, 0.4) is 0 Å². The molecule has 2 rings (SSSR count). The van der Waals surface area contributed by atoms with Gasteiger partial charge in [-0.25, -0.2) is 4.39 Å². The van der Waals surface area contributed by atoms with Gasteiger partial charge in [0, 0.05) is 6.54 Å². The molecule has 1 aromatic carbocycles. The first-order chi connectivity index (χ1) is 8.97. The maximum Gasteiger partial charge on any atom is 0.259 e. The lowest BCUT2D eigenvalue weighted by Gasteiger charge is -2.12. The summed E-state index contributed by atoms with van der Waals surface area (Å²) >= 11 is 5.93. The second kappa shape index (κ2) is 5.64. The minimum atomic E-state index is -0.419. The fourth-order valence-corrected chi connectivity index (χ4v) is 1.88. The van der Waals surface area contributed by atoms with Gasteiger partial charge in [-0.3, -0.25) is 0 Å². The van der Waals surface area contributed by atoms with Crippen LogP contribution in [0.25, 0.3) is 11.5 Å². The van der Waals surface area contributed by atoms with Gasteiger partial charge >= 0.3 is 0 Å². The van der Waals surface area contributed by atoms with Crippen LogP contribution < -0.4 is 5.73 Å². The van der Waals surface area contributed by atoms with Gasteiger partial charge in [0.2, 0.25) is 0 Å². The Morgan fingerprint density at radius 1 is 1.47 bits per heavy atom. The highest BCUT2D eigenvalue weighted by molar-refractivity contribution is 6.33. The van der Waals surface area contributed by atoms with Crippen molar-refractivity contribution in [2.75, 3.05) is 20.6 Å². The Kier molecular flexibility index (Phi) is 4.14. The van der Waals surface area contributed by atoms with E-state index in [1.165, 1.54) is 18.2 Å². The van der Waals surface area contributed by atoms with Crippen LogP contribution in [0.1, 0.15) is 11.9 Å². The first kappa shape index (κ1) is 13.9. The predicted octanol–water partition coefficient (Wildman–Crippen LogP) is 2.09. The molecule has 0 fully saturated rings. The molecular formula is C12H14ClFN4O.